The lowest BCUT2D eigenvalue weighted by Gasteiger charge is -2.13. The van der Waals surface area contributed by atoms with Gasteiger partial charge in [0, 0.05) is 24.3 Å². The summed E-state index contributed by atoms with van der Waals surface area (Å²) in [6.07, 6.45) is 2.18. The quantitative estimate of drug-likeness (QED) is 0.337. The summed E-state index contributed by atoms with van der Waals surface area (Å²) in [6.45, 7) is -1.04. The van der Waals surface area contributed by atoms with Crippen LogP contribution in [0.15, 0.2) is 24.3 Å². The molecule has 0 radical (unpaired) electrons. The van der Waals surface area contributed by atoms with E-state index in [-0.39, 0.29) is 0 Å². The maximum absolute atomic E-state index is 11.3. The number of ether oxygens (including phenoxy) is 4. The maximum atomic E-state index is 11.3. The first-order valence-electron chi connectivity index (χ1n) is 5.93. The molecule has 0 heterocycles. The molecule has 0 amide bonds. The summed E-state index contributed by atoms with van der Waals surface area (Å²) in [5.74, 6) is -3.30. The fraction of sp³-hybridized carbons (Fsp3) is 0.385. The summed E-state index contributed by atoms with van der Waals surface area (Å²) in [4.78, 5) is 44.0. The molecule has 0 rings (SSSR count). The van der Waals surface area contributed by atoms with Gasteiger partial charge in [0.15, 0.2) is 6.10 Å². The lowest BCUT2D eigenvalue weighted by Crippen LogP contribution is -2.27. The molecule has 0 bridgehead atoms. The van der Waals surface area contributed by atoms with Crippen LogP contribution in [0.1, 0.15) is 0 Å². The molecule has 9 nitrogen and oxygen atoms in total. The second kappa shape index (κ2) is 11.0. The van der Waals surface area contributed by atoms with Crippen LogP contribution in [0.5, 0.6) is 0 Å². The van der Waals surface area contributed by atoms with E-state index in [2.05, 4.69) is 14.2 Å². The number of hydrogen-bond donors (Lipinski definition) is 1. The number of esters is 4. The SMILES string of the molecule is COC(=O)/C=C/C(=O)OC[C@H](CO)OC(=O)/C=C/C(=O)OC. The average Bonchev–Trinajstić information content (AvgIpc) is 2.53. The predicted octanol–water partition coefficient (Wildman–Crippen LogP) is -1.11. The number of carbonyl (C=O) groups excluding carboxylic acids is 4. The van der Waals surface area contributed by atoms with E-state index >= 15 is 0 Å². The number of methoxy groups -OCH3 is 2. The summed E-state index contributed by atoms with van der Waals surface area (Å²) in [5.41, 5.74) is 0. The Kier molecular flexibility index (Phi) is 9.69. The Labute approximate surface area is 126 Å². The van der Waals surface area contributed by atoms with Gasteiger partial charge in [-0.05, 0) is 0 Å². The van der Waals surface area contributed by atoms with Crippen LogP contribution in [0.4, 0.5) is 0 Å². The Balaban J connectivity index is 4.27. The van der Waals surface area contributed by atoms with Crippen molar-refractivity contribution in [1.82, 2.24) is 0 Å². The van der Waals surface area contributed by atoms with Crippen LogP contribution in [0.2, 0.25) is 0 Å². The maximum Gasteiger partial charge on any atom is 0.331 e. The summed E-state index contributed by atoms with van der Waals surface area (Å²) in [6, 6.07) is 0. The lowest BCUT2D eigenvalue weighted by atomic mass is 10.4. The van der Waals surface area contributed by atoms with Crippen molar-refractivity contribution in [2.24, 2.45) is 0 Å². The van der Waals surface area contributed by atoms with Gasteiger partial charge >= 0.3 is 23.9 Å². The molecule has 0 aromatic carbocycles. The fourth-order valence-electron chi connectivity index (χ4n) is 0.959. The third-order valence-corrected chi connectivity index (χ3v) is 2.01. The molecule has 9 heteroatoms. The van der Waals surface area contributed by atoms with E-state index in [0.29, 0.717) is 0 Å². The van der Waals surface area contributed by atoms with Gasteiger partial charge in [-0.1, -0.05) is 0 Å². The van der Waals surface area contributed by atoms with Crippen LogP contribution < -0.4 is 0 Å². The zero-order chi connectivity index (χ0) is 17.0. The van der Waals surface area contributed by atoms with Crippen LogP contribution in [0, 0.1) is 0 Å². The Hall–Kier alpha value is -2.68. The third-order valence-electron chi connectivity index (χ3n) is 2.01. The third kappa shape index (κ3) is 9.26. The van der Waals surface area contributed by atoms with E-state index in [4.69, 9.17) is 9.84 Å². The number of hydrogen-bond acceptors (Lipinski definition) is 9. The van der Waals surface area contributed by atoms with Gasteiger partial charge in [0.25, 0.3) is 0 Å². The van der Waals surface area contributed by atoms with Gasteiger partial charge in [-0.3, -0.25) is 0 Å². The molecule has 0 spiro atoms. The monoisotopic (exact) mass is 316 g/mol. The van der Waals surface area contributed by atoms with E-state index in [9.17, 15) is 19.2 Å². The van der Waals surface area contributed by atoms with Gasteiger partial charge in [0.1, 0.15) is 6.61 Å². The lowest BCUT2D eigenvalue weighted by molar-refractivity contribution is -0.155. The molecule has 0 aromatic rings. The van der Waals surface area contributed by atoms with Gasteiger partial charge in [-0.25, -0.2) is 19.2 Å². The average molecular weight is 316 g/mol. The highest BCUT2D eigenvalue weighted by Gasteiger charge is 2.14. The normalized spacial score (nSPS) is 12.0. The topological polar surface area (TPSA) is 125 Å². The van der Waals surface area contributed by atoms with Crippen molar-refractivity contribution in [2.75, 3.05) is 27.4 Å². The predicted molar refractivity (Wildman–Crippen MR) is 70.2 cm³/mol. The van der Waals surface area contributed by atoms with Crippen molar-refractivity contribution in [2.45, 2.75) is 6.10 Å². The highest BCUT2D eigenvalue weighted by molar-refractivity contribution is 5.92. The first-order valence-corrected chi connectivity index (χ1v) is 5.93. The molecule has 22 heavy (non-hydrogen) atoms. The Morgan fingerprint density at radius 2 is 1.32 bits per heavy atom. The fourth-order valence-corrected chi connectivity index (χ4v) is 0.959. The molecule has 1 atom stereocenters. The van der Waals surface area contributed by atoms with E-state index in [1.54, 1.807) is 0 Å². The molecular weight excluding hydrogens is 300 g/mol. The van der Waals surface area contributed by atoms with E-state index in [0.717, 1.165) is 38.5 Å². The highest BCUT2D eigenvalue weighted by Crippen LogP contribution is 1.96. The first-order chi connectivity index (χ1) is 10.4. The van der Waals surface area contributed by atoms with Crippen LogP contribution in [-0.2, 0) is 38.1 Å². The van der Waals surface area contributed by atoms with Crippen LogP contribution in [-0.4, -0.2) is 62.5 Å². The summed E-state index contributed by atoms with van der Waals surface area (Å²) in [5, 5.41) is 8.99. The van der Waals surface area contributed by atoms with Gasteiger partial charge in [0.05, 0.1) is 20.8 Å². The molecule has 1 N–H and O–H groups in total. The van der Waals surface area contributed by atoms with E-state index in [1.165, 1.54) is 0 Å². The molecule has 0 aromatic heterocycles. The van der Waals surface area contributed by atoms with Crippen LogP contribution >= 0.6 is 0 Å². The number of rotatable bonds is 8. The number of aliphatic hydroxyl groups excluding tert-OH is 1. The molecule has 0 unspecified atom stereocenters. The van der Waals surface area contributed by atoms with Crippen molar-refractivity contribution in [3.63, 3.8) is 0 Å². The first kappa shape index (κ1) is 19.3. The zero-order valence-corrected chi connectivity index (χ0v) is 12.0. The Morgan fingerprint density at radius 1 is 0.864 bits per heavy atom. The number of carbonyl (C=O) groups is 4. The minimum atomic E-state index is -1.12. The summed E-state index contributed by atoms with van der Waals surface area (Å²) >= 11 is 0. The van der Waals surface area contributed by atoms with Crippen LogP contribution in [0.3, 0.4) is 0 Å². The second-order valence-electron chi connectivity index (χ2n) is 3.58. The van der Waals surface area contributed by atoms with Crippen molar-refractivity contribution in [3.05, 3.63) is 24.3 Å². The minimum absolute atomic E-state index is 0.432. The molecule has 0 fully saturated rings. The van der Waals surface area contributed by atoms with Crippen LogP contribution in [0.25, 0.3) is 0 Å². The van der Waals surface area contributed by atoms with Gasteiger partial charge in [-0.2, -0.15) is 0 Å². The van der Waals surface area contributed by atoms with E-state index in [1.807, 2.05) is 0 Å². The molecule has 0 aliphatic heterocycles. The van der Waals surface area contributed by atoms with E-state index < -0.39 is 43.2 Å². The van der Waals surface area contributed by atoms with Gasteiger partial charge in [0.2, 0.25) is 0 Å². The largest absolute Gasteiger partial charge is 0.466 e. The molecular formula is C13H16O9. The summed E-state index contributed by atoms with van der Waals surface area (Å²) < 4.78 is 17.9. The molecule has 0 saturated carbocycles. The van der Waals surface area contributed by atoms with Crippen molar-refractivity contribution in [3.8, 4) is 0 Å². The molecule has 0 saturated heterocycles. The van der Waals surface area contributed by atoms with Crippen molar-refractivity contribution < 1.29 is 43.2 Å². The second-order valence-corrected chi connectivity index (χ2v) is 3.58. The van der Waals surface area contributed by atoms with Gasteiger partial charge < -0.3 is 24.1 Å². The smallest absolute Gasteiger partial charge is 0.331 e. The van der Waals surface area contributed by atoms with Crippen molar-refractivity contribution >= 4 is 23.9 Å². The standard InChI is InChI=1S/C13H16O9/c1-19-10(15)3-5-12(17)21-8-9(7-14)22-13(18)6-4-11(16)20-2/h3-6,9,14H,7-8H2,1-2H3/b5-3+,6-4+/t9-/m0/s1. The number of aliphatic hydroxyl groups is 1. The minimum Gasteiger partial charge on any atom is -0.466 e. The van der Waals surface area contributed by atoms with Gasteiger partial charge in [-0.15, -0.1) is 0 Å². The Morgan fingerprint density at radius 3 is 1.77 bits per heavy atom. The molecule has 0 aliphatic rings. The van der Waals surface area contributed by atoms with Crippen molar-refractivity contribution in [1.29, 1.82) is 0 Å². The molecule has 122 valence electrons. The molecule has 0 aliphatic carbocycles. The summed E-state index contributed by atoms with van der Waals surface area (Å²) in [7, 11) is 2.27. The Bertz CT molecular complexity index is 464. The highest BCUT2D eigenvalue weighted by atomic mass is 16.6. The zero-order valence-electron chi connectivity index (χ0n) is 12.0.